The molecule has 82 valence electrons. The molecule has 15 heavy (non-hydrogen) atoms. The van der Waals surface area contributed by atoms with Gasteiger partial charge in [0.2, 0.25) is 0 Å². The largest absolute Gasteiger partial charge is 0.310 e. The van der Waals surface area contributed by atoms with Crippen molar-refractivity contribution in [1.82, 2.24) is 5.32 Å². The molecule has 1 fully saturated rings. The molecule has 3 heteroatoms. The Labute approximate surface area is 94.6 Å². The number of benzene rings is 1. The number of hydrogen-bond donors (Lipinski definition) is 1. The Hall–Kier alpha value is -0.600. The highest BCUT2D eigenvalue weighted by molar-refractivity contribution is 6.30. The lowest BCUT2D eigenvalue weighted by molar-refractivity contribution is 0.239. The zero-order valence-corrected chi connectivity index (χ0v) is 9.52. The standard InChI is InChI=1S/C12H15ClFN/c1-8-4-11(5-8)15-7-9-6-10(13)2-3-12(9)14/h2-3,6,8,11,15H,4-5,7H2,1H3. The van der Waals surface area contributed by atoms with Crippen LogP contribution in [0.2, 0.25) is 5.02 Å². The fourth-order valence-electron chi connectivity index (χ4n) is 2.00. The third-order valence-electron chi connectivity index (χ3n) is 2.96. The molecule has 0 saturated heterocycles. The molecule has 0 heterocycles. The molecule has 1 N–H and O–H groups in total. The zero-order valence-electron chi connectivity index (χ0n) is 8.76. The maximum absolute atomic E-state index is 13.3. The van der Waals surface area contributed by atoms with E-state index in [0.717, 1.165) is 5.92 Å². The summed E-state index contributed by atoms with van der Waals surface area (Å²) < 4.78 is 13.3. The second kappa shape index (κ2) is 4.50. The van der Waals surface area contributed by atoms with E-state index in [1.807, 2.05) is 0 Å². The van der Waals surface area contributed by atoms with Gasteiger partial charge in [0.1, 0.15) is 5.82 Å². The second-order valence-electron chi connectivity index (χ2n) is 4.39. The van der Waals surface area contributed by atoms with Crippen molar-refractivity contribution in [3.63, 3.8) is 0 Å². The van der Waals surface area contributed by atoms with E-state index >= 15 is 0 Å². The van der Waals surface area contributed by atoms with Crippen LogP contribution in [0.3, 0.4) is 0 Å². The van der Waals surface area contributed by atoms with Crippen molar-refractivity contribution >= 4 is 11.6 Å². The molecule has 0 spiro atoms. The smallest absolute Gasteiger partial charge is 0.127 e. The molecule has 0 unspecified atom stereocenters. The molecular formula is C12H15ClFN. The summed E-state index contributed by atoms with van der Waals surface area (Å²) in [5, 5.41) is 3.93. The van der Waals surface area contributed by atoms with Crippen LogP contribution in [0.25, 0.3) is 0 Å². The van der Waals surface area contributed by atoms with E-state index in [4.69, 9.17) is 11.6 Å². The zero-order chi connectivity index (χ0) is 10.8. The van der Waals surface area contributed by atoms with Crippen LogP contribution in [0.5, 0.6) is 0 Å². The van der Waals surface area contributed by atoms with Crippen molar-refractivity contribution in [3.05, 3.63) is 34.6 Å². The van der Waals surface area contributed by atoms with Gasteiger partial charge in [-0.25, -0.2) is 4.39 Å². The molecule has 1 aliphatic rings. The van der Waals surface area contributed by atoms with Gasteiger partial charge in [-0.15, -0.1) is 0 Å². The number of halogens is 2. The van der Waals surface area contributed by atoms with Crippen LogP contribution in [0, 0.1) is 11.7 Å². The van der Waals surface area contributed by atoms with E-state index in [-0.39, 0.29) is 5.82 Å². The first-order chi connectivity index (χ1) is 7.15. The Morgan fingerprint density at radius 3 is 2.87 bits per heavy atom. The molecule has 0 radical (unpaired) electrons. The minimum absolute atomic E-state index is 0.181. The number of rotatable bonds is 3. The minimum atomic E-state index is -0.181. The minimum Gasteiger partial charge on any atom is -0.310 e. The van der Waals surface area contributed by atoms with Crippen molar-refractivity contribution in [2.45, 2.75) is 32.4 Å². The molecule has 0 aromatic heterocycles. The normalized spacial score (nSPS) is 25.0. The lowest BCUT2D eigenvalue weighted by Crippen LogP contribution is -2.39. The first kappa shape index (κ1) is 10.9. The maximum atomic E-state index is 13.3. The average molecular weight is 228 g/mol. The average Bonchev–Trinajstić information content (AvgIpc) is 2.16. The van der Waals surface area contributed by atoms with Gasteiger partial charge in [-0.1, -0.05) is 18.5 Å². The van der Waals surface area contributed by atoms with Crippen molar-refractivity contribution in [3.8, 4) is 0 Å². The summed E-state index contributed by atoms with van der Waals surface area (Å²) in [7, 11) is 0. The summed E-state index contributed by atoms with van der Waals surface area (Å²) in [6, 6.07) is 5.24. The van der Waals surface area contributed by atoms with Crippen LogP contribution in [-0.2, 0) is 6.54 Å². The quantitative estimate of drug-likeness (QED) is 0.835. The summed E-state index contributed by atoms with van der Waals surface area (Å²) in [5.41, 5.74) is 0.655. The molecule has 1 aromatic rings. The van der Waals surface area contributed by atoms with Crippen molar-refractivity contribution < 1.29 is 4.39 Å². The summed E-state index contributed by atoms with van der Waals surface area (Å²) in [6.45, 7) is 2.81. The third-order valence-corrected chi connectivity index (χ3v) is 3.20. The van der Waals surface area contributed by atoms with Gasteiger partial charge in [-0.3, -0.25) is 0 Å². The predicted molar refractivity (Wildman–Crippen MR) is 60.4 cm³/mol. The molecule has 0 amide bonds. The maximum Gasteiger partial charge on any atom is 0.127 e. The first-order valence-corrected chi connectivity index (χ1v) is 5.70. The van der Waals surface area contributed by atoms with Crippen LogP contribution in [0.15, 0.2) is 18.2 Å². The molecule has 2 rings (SSSR count). The van der Waals surface area contributed by atoms with Gasteiger partial charge in [0.25, 0.3) is 0 Å². The van der Waals surface area contributed by atoms with Gasteiger partial charge >= 0.3 is 0 Å². The molecule has 1 saturated carbocycles. The van der Waals surface area contributed by atoms with Crippen LogP contribution in [-0.4, -0.2) is 6.04 Å². The molecule has 1 nitrogen and oxygen atoms in total. The lowest BCUT2D eigenvalue weighted by Gasteiger charge is -2.33. The summed E-state index contributed by atoms with van der Waals surface area (Å²) in [4.78, 5) is 0. The summed E-state index contributed by atoms with van der Waals surface area (Å²) in [6.07, 6.45) is 2.39. The van der Waals surface area contributed by atoms with E-state index in [9.17, 15) is 4.39 Å². The van der Waals surface area contributed by atoms with Crippen LogP contribution >= 0.6 is 11.6 Å². The van der Waals surface area contributed by atoms with Crippen LogP contribution in [0.4, 0.5) is 4.39 Å². The molecule has 0 bridgehead atoms. The van der Waals surface area contributed by atoms with E-state index in [2.05, 4.69) is 12.2 Å². The third kappa shape index (κ3) is 2.70. The SMILES string of the molecule is CC1CC(NCc2cc(Cl)ccc2F)C1. The van der Waals surface area contributed by atoms with Gasteiger partial charge in [-0.2, -0.15) is 0 Å². The van der Waals surface area contributed by atoms with Gasteiger partial charge in [0.15, 0.2) is 0 Å². The Kier molecular flexibility index (Phi) is 3.27. The van der Waals surface area contributed by atoms with Crippen molar-refractivity contribution in [2.24, 2.45) is 5.92 Å². The van der Waals surface area contributed by atoms with Gasteiger partial charge in [0, 0.05) is 23.2 Å². The van der Waals surface area contributed by atoms with Crippen molar-refractivity contribution in [1.29, 1.82) is 0 Å². The Bertz CT molecular complexity index is 347. The monoisotopic (exact) mass is 227 g/mol. The van der Waals surface area contributed by atoms with Crippen LogP contribution < -0.4 is 5.32 Å². The van der Waals surface area contributed by atoms with Crippen molar-refractivity contribution in [2.75, 3.05) is 0 Å². The van der Waals surface area contributed by atoms with Crippen LogP contribution in [0.1, 0.15) is 25.3 Å². The van der Waals surface area contributed by atoms with Gasteiger partial charge < -0.3 is 5.32 Å². The van der Waals surface area contributed by atoms with E-state index in [1.54, 1.807) is 12.1 Å². The second-order valence-corrected chi connectivity index (χ2v) is 4.83. The predicted octanol–water partition coefficient (Wildman–Crippen LogP) is 3.37. The molecular weight excluding hydrogens is 213 g/mol. The number of hydrogen-bond acceptors (Lipinski definition) is 1. The molecule has 0 aliphatic heterocycles. The van der Waals surface area contributed by atoms with Gasteiger partial charge in [-0.05, 0) is 37.0 Å². The summed E-state index contributed by atoms with van der Waals surface area (Å²) >= 11 is 5.81. The highest BCUT2D eigenvalue weighted by atomic mass is 35.5. The highest BCUT2D eigenvalue weighted by Crippen LogP contribution is 2.26. The summed E-state index contributed by atoms with van der Waals surface area (Å²) in [5.74, 6) is 0.631. The van der Waals surface area contributed by atoms with E-state index < -0.39 is 0 Å². The number of nitrogens with one attached hydrogen (secondary N) is 1. The lowest BCUT2D eigenvalue weighted by atomic mass is 9.82. The Morgan fingerprint density at radius 2 is 2.20 bits per heavy atom. The van der Waals surface area contributed by atoms with E-state index in [0.29, 0.717) is 23.2 Å². The Morgan fingerprint density at radius 1 is 1.47 bits per heavy atom. The molecule has 1 aliphatic carbocycles. The topological polar surface area (TPSA) is 12.0 Å². The molecule has 0 atom stereocenters. The molecule has 1 aromatic carbocycles. The van der Waals surface area contributed by atoms with Gasteiger partial charge in [0.05, 0.1) is 0 Å². The highest BCUT2D eigenvalue weighted by Gasteiger charge is 2.24. The Balaban J connectivity index is 1.90. The van der Waals surface area contributed by atoms with E-state index in [1.165, 1.54) is 18.9 Å². The fraction of sp³-hybridized carbons (Fsp3) is 0.500. The first-order valence-electron chi connectivity index (χ1n) is 5.32. The fourth-order valence-corrected chi connectivity index (χ4v) is 2.20.